The van der Waals surface area contributed by atoms with Crippen molar-refractivity contribution in [1.29, 1.82) is 0 Å². The molecular formula is C19H32N2. The monoisotopic (exact) mass is 288 g/mol. The maximum Gasteiger partial charge on any atom is 0.0324 e. The van der Waals surface area contributed by atoms with Crippen molar-refractivity contribution in [3.8, 4) is 0 Å². The summed E-state index contributed by atoms with van der Waals surface area (Å²) < 4.78 is 0. The van der Waals surface area contributed by atoms with E-state index in [0.717, 1.165) is 13.1 Å². The van der Waals surface area contributed by atoms with E-state index in [1.165, 1.54) is 30.4 Å². The Morgan fingerprint density at radius 3 is 2.33 bits per heavy atom. The maximum absolute atomic E-state index is 3.84. The van der Waals surface area contributed by atoms with Crippen molar-refractivity contribution in [1.82, 2.24) is 10.2 Å². The Morgan fingerprint density at radius 2 is 1.81 bits per heavy atom. The second kappa shape index (κ2) is 6.93. The van der Waals surface area contributed by atoms with Gasteiger partial charge >= 0.3 is 0 Å². The highest BCUT2D eigenvalue weighted by Gasteiger charge is 2.38. The summed E-state index contributed by atoms with van der Waals surface area (Å²) in [5.74, 6) is 0. The smallest absolute Gasteiger partial charge is 0.0324 e. The van der Waals surface area contributed by atoms with Crippen LogP contribution >= 0.6 is 0 Å². The fourth-order valence-electron chi connectivity index (χ4n) is 3.58. The van der Waals surface area contributed by atoms with Gasteiger partial charge in [-0.15, -0.1) is 0 Å². The normalized spacial score (nSPS) is 24.0. The Bertz CT molecular complexity index is 433. The number of hydrogen-bond donors (Lipinski definition) is 1. The van der Waals surface area contributed by atoms with Crippen LogP contribution in [0, 0.1) is 6.92 Å². The molecule has 1 aliphatic rings. The minimum atomic E-state index is 0.296. The summed E-state index contributed by atoms with van der Waals surface area (Å²) >= 11 is 0. The van der Waals surface area contributed by atoms with Gasteiger partial charge in [-0.3, -0.25) is 4.90 Å². The topological polar surface area (TPSA) is 15.3 Å². The molecule has 1 saturated heterocycles. The van der Waals surface area contributed by atoms with Gasteiger partial charge in [-0.25, -0.2) is 0 Å². The van der Waals surface area contributed by atoms with Crippen molar-refractivity contribution in [2.45, 2.75) is 71.5 Å². The number of rotatable bonds is 5. The number of piperazine rings is 1. The molecule has 1 aliphatic heterocycles. The highest BCUT2D eigenvalue weighted by atomic mass is 15.3. The SMILES string of the molecule is CCC1CNC(CC)(CC)CN1C(C)c1ccc(C)cc1. The molecule has 0 bridgehead atoms. The number of benzene rings is 1. The third-order valence-corrected chi connectivity index (χ3v) is 5.55. The molecule has 0 amide bonds. The fraction of sp³-hybridized carbons (Fsp3) is 0.684. The summed E-state index contributed by atoms with van der Waals surface area (Å²) in [6, 6.07) is 10.2. The van der Waals surface area contributed by atoms with Gasteiger partial charge in [0, 0.05) is 30.7 Å². The molecule has 0 aromatic heterocycles. The van der Waals surface area contributed by atoms with Crippen LogP contribution in [0.15, 0.2) is 24.3 Å². The summed E-state index contributed by atoms with van der Waals surface area (Å²) in [6.45, 7) is 13.8. The van der Waals surface area contributed by atoms with E-state index in [0.29, 0.717) is 17.6 Å². The number of nitrogens with one attached hydrogen (secondary N) is 1. The van der Waals surface area contributed by atoms with Crippen LogP contribution in [-0.4, -0.2) is 29.6 Å². The van der Waals surface area contributed by atoms with E-state index >= 15 is 0 Å². The Kier molecular flexibility index (Phi) is 5.45. The first-order valence-corrected chi connectivity index (χ1v) is 8.62. The van der Waals surface area contributed by atoms with Crippen molar-refractivity contribution in [3.63, 3.8) is 0 Å². The average molecular weight is 288 g/mol. The molecule has 2 rings (SSSR count). The Balaban J connectivity index is 2.22. The van der Waals surface area contributed by atoms with E-state index in [2.05, 4.69) is 69.1 Å². The molecule has 21 heavy (non-hydrogen) atoms. The van der Waals surface area contributed by atoms with Gasteiger partial charge < -0.3 is 5.32 Å². The maximum atomic E-state index is 3.84. The Hall–Kier alpha value is -0.860. The summed E-state index contributed by atoms with van der Waals surface area (Å²) in [6.07, 6.45) is 3.63. The first-order chi connectivity index (χ1) is 10.0. The lowest BCUT2D eigenvalue weighted by molar-refractivity contribution is 0.0400. The molecule has 0 saturated carbocycles. The van der Waals surface area contributed by atoms with Gasteiger partial charge in [-0.05, 0) is 38.7 Å². The first kappa shape index (κ1) is 16.5. The van der Waals surface area contributed by atoms with Crippen LogP contribution < -0.4 is 5.32 Å². The van der Waals surface area contributed by atoms with Crippen LogP contribution in [0.5, 0.6) is 0 Å². The number of hydrogen-bond acceptors (Lipinski definition) is 2. The zero-order valence-electron chi connectivity index (χ0n) is 14.4. The summed E-state index contributed by atoms with van der Waals surface area (Å²) in [4.78, 5) is 2.73. The number of nitrogens with zero attached hydrogens (tertiary/aromatic N) is 1. The van der Waals surface area contributed by atoms with Crippen LogP contribution in [0.2, 0.25) is 0 Å². The van der Waals surface area contributed by atoms with E-state index in [1.54, 1.807) is 0 Å². The van der Waals surface area contributed by atoms with Gasteiger partial charge in [0.2, 0.25) is 0 Å². The third kappa shape index (κ3) is 3.49. The zero-order valence-corrected chi connectivity index (χ0v) is 14.4. The Morgan fingerprint density at radius 1 is 1.19 bits per heavy atom. The minimum Gasteiger partial charge on any atom is -0.308 e. The molecule has 0 spiro atoms. The molecular weight excluding hydrogens is 256 g/mol. The molecule has 1 aromatic rings. The second-order valence-corrected chi connectivity index (χ2v) is 6.69. The van der Waals surface area contributed by atoms with Crippen LogP contribution in [0.3, 0.4) is 0 Å². The van der Waals surface area contributed by atoms with Crippen molar-refractivity contribution in [3.05, 3.63) is 35.4 Å². The van der Waals surface area contributed by atoms with E-state index in [1.807, 2.05) is 0 Å². The summed E-state index contributed by atoms with van der Waals surface area (Å²) in [5, 5.41) is 3.84. The van der Waals surface area contributed by atoms with Gasteiger partial charge in [0.05, 0.1) is 0 Å². The van der Waals surface area contributed by atoms with Crippen molar-refractivity contribution < 1.29 is 0 Å². The van der Waals surface area contributed by atoms with Crippen molar-refractivity contribution in [2.75, 3.05) is 13.1 Å². The largest absolute Gasteiger partial charge is 0.308 e. The predicted octanol–water partition coefficient (Wildman–Crippen LogP) is 4.30. The lowest BCUT2D eigenvalue weighted by Crippen LogP contribution is -2.63. The van der Waals surface area contributed by atoms with Crippen LogP contribution in [0.4, 0.5) is 0 Å². The molecule has 1 N–H and O–H groups in total. The zero-order chi connectivity index (χ0) is 15.5. The van der Waals surface area contributed by atoms with Crippen molar-refractivity contribution >= 4 is 0 Å². The van der Waals surface area contributed by atoms with Gasteiger partial charge in [-0.2, -0.15) is 0 Å². The molecule has 0 radical (unpaired) electrons. The number of aryl methyl sites for hydroxylation is 1. The predicted molar refractivity (Wildman–Crippen MR) is 91.7 cm³/mol. The van der Waals surface area contributed by atoms with E-state index < -0.39 is 0 Å². The van der Waals surface area contributed by atoms with Crippen LogP contribution in [0.1, 0.15) is 64.1 Å². The van der Waals surface area contributed by atoms with E-state index in [-0.39, 0.29) is 0 Å². The van der Waals surface area contributed by atoms with Crippen LogP contribution in [0.25, 0.3) is 0 Å². The molecule has 1 fully saturated rings. The van der Waals surface area contributed by atoms with Gasteiger partial charge in [0.25, 0.3) is 0 Å². The van der Waals surface area contributed by atoms with Gasteiger partial charge in [0.1, 0.15) is 0 Å². The highest BCUT2D eigenvalue weighted by Crippen LogP contribution is 2.31. The molecule has 0 aliphatic carbocycles. The van der Waals surface area contributed by atoms with Crippen molar-refractivity contribution in [2.24, 2.45) is 0 Å². The molecule has 118 valence electrons. The molecule has 1 heterocycles. The standard InChI is InChI=1S/C19H32N2/c1-6-18-13-20-19(7-2,8-3)14-21(18)16(5)17-11-9-15(4)10-12-17/h9-12,16,18,20H,6-8,13-14H2,1-5H3. The van der Waals surface area contributed by atoms with Crippen LogP contribution in [-0.2, 0) is 0 Å². The molecule has 2 unspecified atom stereocenters. The van der Waals surface area contributed by atoms with Gasteiger partial charge in [0.15, 0.2) is 0 Å². The van der Waals surface area contributed by atoms with E-state index in [4.69, 9.17) is 0 Å². The Labute approximate surface area is 130 Å². The average Bonchev–Trinajstić information content (AvgIpc) is 2.54. The molecule has 2 heteroatoms. The lowest BCUT2D eigenvalue weighted by atomic mass is 9.86. The second-order valence-electron chi connectivity index (χ2n) is 6.69. The first-order valence-electron chi connectivity index (χ1n) is 8.62. The van der Waals surface area contributed by atoms with Gasteiger partial charge in [-0.1, -0.05) is 50.6 Å². The third-order valence-electron chi connectivity index (χ3n) is 5.55. The molecule has 2 atom stereocenters. The van der Waals surface area contributed by atoms with E-state index in [9.17, 15) is 0 Å². The highest BCUT2D eigenvalue weighted by molar-refractivity contribution is 5.24. The minimum absolute atomic E-state index is 0.296. The summed E-state index contributed by atoms with van der Waals surface area (Å²) in [7, 11) is 0. The lowest BCUT2D eigenvalue weighted by Gasteiger charge is -2.50. The fourth-order valence-corrected chi connectivity index (χ4v) is 3.58. The molecule has 1 aromatic carbocycles. The quantitative estimate of drug-likeness (QED) is 0.869. The molecule has 2 nitrogen and oxygen atoms in total. The summed E-state index contributed by atoms with van der Waals surface area (Å²) in [5.41, 5.74) is 3.08.